The normalized spacial score (nSPS) is 10.6. The van der Waals surface area contributed by atoms with E-state index in [0.717, 1.165) is 16.8 Å². The van der Waals surface area contributed by atoms with Crippen LogP contribution in [0.2, 0.25) is 0 Å². The molecule has 1 aromatic heterocycles. The van der Waals surface area contributed by atoms with E-state index in [0.29, 0.717) is 11.3 Å². The van der Waals surface area contributed by atoms with E-state index in [9.17, 15) is 4.39 Å². The first-order chi connectivity index (χ1) is 9.26. The molecular formula is C14H12FN3O. The summed E-state index contributed by atoms with van der Waals surface area (Å²) < 4.78 is 18.2. The molecule has 2 N–H and O–H groups in total. The van der Waals surface area contributed by atoms with Crippen LogP contribution in [0.15, 0.2) is 42.5 Å². The number of aromatic amines is 1. The molecule has 0 saturated heterocycles. The summed E-state index contributed by atoms with van der Waals surface area (Å²) in [5.74, 6) is 1.17. The van der Waals surface area contributed by atoms with Gasteiger partial charge in [-0.1, -0.05) is 0 Å². The van der Waals surface area contributed by atoms with Crippen LogP contribution in [-0.2, 0) is 0 Å². The van der Waals surface area contributed by atoms with Crippen molar-refractivity contribution in [3.05, 3.63) is 48.3 Å². The predicted octanol–water partition coefficient (Wildman–Crippen LogP) is 3.45. The molecule has 0 fully saturated rings. The first-order valence-electron chi connectivity index (χ1n) is 5.81. The van der Waals surface area contributed by atoms with Gasteiger partial charge in [0.1, 0.15) is 11.6 Å². The Bertz CT molecular complexity index is 706. The first-order valence-corrected chi connectivity index (χ1v) is 5.81. The maximum atomic E-state index is 13.1. The van der Waals surface area contributed by atoms with E-state index in [1.54, 1.807) is 13.2 Å². The van der Waals surface area contributed by atoms with Crippen molar-refractivity contribution in [2.45, 2.75) is 0 Å². The van der Waals surface area contributed by atoms with E-state index in [-0.39, 0.29) is 5.82 Å². The van der Waals surface area contributed by atoms with Crippen LogP contribution in [-0.4, -0.2) is 17.3 Å². The van der Waals surface area contributed by atoms with Crippen molar-refractivity contribution < 1.29 is 9.13 Å². The molecule has 4 nitrogen and oxygen atoms in total. The van der Waals surface area contributed by atoms with E-state index >= 15 is 0 Å². The summed E-state index contributed by atoms with van der Waals surface area (Å²) in [5, 5.41) is 11.0. The number of rotatable bonds is 3. The summed E-state index contributed by atoms with van der Waals surface area (Å²) in [6.45, 7) is 0. The van der Waals surface area contributed by atoms with Crippen molar-refractivity contribution in [1.29, 1.82) is 0 Å². The molecule has 0 radical (unpaired) electrons. The van der Waals surface area contributed by atoms with Crippen LogP contribution in [0.5, 0.6) is 5.75 Å². The molecule has 3 aromatic rings. The standard InChI is InChI=1S/C14H12FN3O/c1-19-11-5-3-10(4-6-11)16-14-12-7-2-9(15)8-13(12)17-18-14/h2-8H,1H3,(H2,16,17,18). The molecule has 96 valence electrons. The van der Waals surface area contributed by atoms with E-state index < -0.39 is 0 Å². The third kappa shape index (κ3) is 2.22. The maximum absolute atomic E-state index is 13.1. The molecule has 0 aliphatic heterocycles. The molecule has 19 heavy (non-hydrogen) atoms. The quantitative estimate of drug-likeness (QED) is 0.755. The number of anilines is 2. The van der Waals surface area contributed by atoms with Gasteiger partial charge in [-0.25, -0.2) is 4.39 Å². The molecule has 0 unspecified atom stereocenters. The summed E-state index contributed by atoms with van der Waals surface area (Å²) in [7, 11) is 1.62. The number of H-pyrrole nitrogens is 1. The average molecular weight is 257 g/mol. The number of methoxy groups -OCH3 is 1. The number of nitrogens with zero attached hydrogens (tertiary/aromatic N) is 1. The SMILES string of the molecule is COc1ccc(Nc2n[nH]c3cc(F)ccc23)cc1. The van der Waals surface area contributed by atoms with E-state index in [1.807, 2.05) is 24.3 Å². The van der Waals surface area contributed by atoms with Crippen molar-refractivity contribution in [2.24, 2.45) is 0 Å². The second kappa shape index (κ2) is 4.61. The number of aromatic nitrogens is 2. The molecule has 0 aliphatic rings. The van der Waals surface area contributed by atoms with Crippen molar-refractivity contribution in [2.75, 3.05) is 12.4 Å². The molecular weight excluding hydrogens is 245 g/mol. The van der Waals surface area contributed by atoms with Gasteiger partial charge in [-0.3, -0.25) is 5.10 Å². The highest BCUT2D eigenvalue weighted by molar-refractivity contribution is 5.91. The van der Waals surface area contributed by atoms with E-state index in [2.05, 4.69) is 15.5 Å². The molecule has 0 bridgehead atoms. The monoisotopic (exact) mass is 257 g/mol. The number of benzene rings is 2. The highest BCUT2D eigenvalue weighted by atomic mass is 19.1. The second-order valence-corrected chi connectivity index (χ2v) is 4.12. The van der Waals surface area contributed by atoms with Crippen LogP contribution in [0, 0.1) is 5.82 Å². The largest absolute Gasteiger partial charge is 0.497 e. The summed E-state index contributed by atoms with van der Waals surface area (Å²) in [5.41, 5.74) is 1.55. The average Bonchev–Trinajstić information content (AvgIpc) is 2.82. The lowest BCUT2D eigenvalue weighted by Gasteiger charge is -2.04. The van der Waals surface area contributed by atoms with E-state index in [1.165, 1.54) is 12.1 Å². The van der Waals surface area contributed by atoms with Gasteiger partial charge < -0.3 is 10.1 Å². The minimum absolute atomic E-state index is 0.285. The molecule has 3 rings (SSSR count). The summed E-state index contributed by atoms with van der Waals surface area (Å²) in [6, 6.07) is 12.0. The zero-order valence-corrected chi connectivity index (χ0v) is 10.3. The number of hydrogen-bond acceptors (Lipinski definition) is 3. The third-order valence-electron chi connectivity index (χ3n) is 2.88. The van der Waals surface area contributed by atoms with Crippen molar-refractivity contribution >= 4 is 22.4 Å². The van der Waals surface area contributed by atoms with Gasteiger partial charge in [0.25, 0.3) is 0 Å². The van der Waals surface area contributed by atoms with Gasteiger partial charge in [-0.15, -0.1) is 0 Å². The molecule has 0 saturated carbocycles. The first kappa shape index (κ1) is 11.5. The number of nitrogens with one attached hydrogen (secondary N) is 2. The van der Waals surface area contributed by atoms with Gasteiger partial charge in [0.15, 0.2) is 5.82 Å². The molecule has 0 amide bonds. The van der Waals surface area contributed by atoms with Crippen LogP contribution >= 0.6 is 0 Å². The molecule has 0 spiro atoms. The highest BCUT2D eigenvalue weighted by Crippen LogP contribution is 2.25. The van der Waals surface area contributed by atoms with Crippen LogP contribution < -0.4 is 10.1 Å². The fraction of sp³-hybridized carbons (Fsp3) is 0.0714. The minimum Gasteiger partial charge on any atom is -0.497 e. The van der Waals surface area contributed by atoms with Gasteiger partial charge in [-0.05, 0) is 42.5 Å². The van der Waals surface area contributed by atoms with Gasteiger partial charge in [0.2, 0.25) is 0 Å². The van der Waals surface area contributed by atoms with Crippen molar-refractivity contribution in [1.82, 2.24) is 10.2 Å². The van der Waals surface area contributed by atoms with Crippen LogP contribution in [0.25, 0.3) is 10.9 Å². The number of ether oxygens (including phenoxy) is 1. The predicted molar refractivity (Wildman–Crippen MR) is 72.3 cm³/mol. The Balaban J connectivity index is 1.92. The maximum Gasteiger partial charge on any atom is 0.160 e. The Labute approximate surface area is 109 Å². The molecule has 0 aliphatic carbocycles. The Morgan fingerprint density at radius 2 is 1.95 bits per heavy atom. The zero-order valence-electron chi connectivity index (χ0n) is 10.3. The Morgan fingerprint density at radius 1 is 1.16 bits per heavy atom. The van der Waals surface area contributed by atoms with Gasteiger partial charge in [0, 0.05) is 11.1 Å². The summed E-state index contributed by atoms with van der Waals surface area (Å²) in [6.07, 6.45) is 0. The van der Waals surface area contributed by atoms with Gasteiger partial charge in [-0.2, -0.15) is 5.10 Å². The van der Waals surface area contributed by atoms with Crippen molar-refractivity contribution in [3.63, 3.8) is 0 Å². The Kier molecular flexibility index (Phi) is 2.79. The topological polar surface area (TPSA) is 49.9 Å². The molecule has 2 aromatic carbocycles. The smallest absolute Gasteiger partial charge is 0.160 e. The minimum atomic E-state index is -0.285. The fourth-order valence-corrected chi connectivity index (χ4v) is 1.90. The number of hydrogen-bond donors (Lipinski definition) is 2. The highest BCUT2D eigenvalue weighted by Gasteiger charge is 2.06. The van der Waals surface area contributed by atoms with Gasteiger partial charge >= 0.3 is 0 Å². The van der Waals surface area contributed by atoms with Crippen molar-refractivity contribution in [3.8, 4) is 5.75 Å². The number of fused-ring (bicyclic) bond motifs is 1. The third-order valence-corrected chi connectivity index (χ3v) is 2.88. The van der Waals surface area contributed by atoms with Crippen LogP contribution in [0.1, 0.15) is 0 Å². The lowest BCUT2D eigenvalue weighted by molar-refractivity contribution is 0.415. The fourth-order valence-electron chi connectivity index (χ4n) is 1.90. The lowest BCUT2D eigenvalue weighted by Crippen LogP contribution is -1.91. The molecule has 0 atom stereocenters. The second-order valence-electron chi connectivity index (χ2n) is 4.12. The molecule has 1 heterocycles. The van der Waals surface area contributed by atoms with E-state index in [4.69, 9.17) is 4.74 Å². The van der Waals surface area contributed by atoms with Gasteiger partial charge in [0.05, 0.1) is 12.6 Å². The van der Waals surface area contributed by atoms with Crippen LogP contribution in [0.3, 0.4) is 0 Å². The zero-order chi connectivity index (χ0) is 13.2. The molecule has 5 heteroatoms. The Hall–Kier alpha value is -2.56. The number of halogens is 1. The summed E-state index contributed by atoms with van der Waals surface area (Å²) in [4.78, 5) is 0. The lowest BCUT2D eigenvalue weighted by atomic mass is 10.2. The Morgan fingerprint density at radius 3 is 2.68 bits per heavy atom. The van der Waals surface area contributed by atoms with Crippen LogP contribution in [0.4, 0.5) is 15.9 Å². The summed E-state index contributed by atoms with van der Waals surface area (Å²) >= 11 is 0.